The Bertz CT molecular complexity index is 914. The van der Waals surface area contributed by atoms with E-state index in [1.54, 1.807) is 0 Å². The lowest BCUT2D eigenvalue weighted by Crippen LogP contribution is -2.51. The van der Waals surface area contributed by atoms with E-state index < -0.39 is 5.60 Å². The van der Waals surface area contributed by atoms with E-state index in [-0.39, 0.29) is 24.0 Å². The van der Waals surface area contributed by atoms with Gasteiger partial charge >= 0.3 is 6.09 Å². The maximum Gasteiger partial charge on any atom is 0.407 e. The number of benzene rings is 1. The van der Waals surface area contributed by atoms with Gasteiger partial charge in [0.2, 0.25) is 5.91 Å². The van der Waals surface area contributed by atoms with Crippen molar-refractivity contribution in [2.24, 2.45) is 5.92 Å². The monoisotopic (exact) mass is 518 g/mol. The number of fused-ring (bicyclic) bond motifs is 2. The smallest absolute Gasteiger partial charge is 0.407 e. The normalized spacial score (nSPS) is 25.0. The summed E-state index contributed by atoms with van der Waals surface area (Å²) in [5, 5.41) is 7.16. The van der Waals surface area contributed by atoms with Crippen molar-refractivity contribution in [3.63, 3.8) is 0 Å². The van der Waals surface area contributed by atoms with Crippen LogP contribution in [0.25, 0.3) is 0 Å². The Labute approximate surface area is 221 Å². The van der Waals surface area contributed by atoms with Gasteiger partial charge < -0.3 is 20.3 Å². The first-order valence-corrected chi connectivity index (χ1v) is 14.0. The van der Waals surface area contributed by atoms with Gasteiger partial charge in [0.05, 0.1) is 0 Å². The van der Waals surface area contributed by atoms with Crippen LogP contribution >= 0.6 is 11.6 Å². The third-order valence-electron chi connectivity index (χ3n) is 7.82. The average molecular weight is 519 g/mol. The standard InChI is InChI=1S/C28H43ClN4O3/c1-19-6-7-24(18-25(19)29)33(26(34)20-10-12-30-13-11-20)15-5-14-32-22-8-9-23(32)17-21(16-22)31-27(35)36-28(2,3)4/h6-7,18,20-23,30H,5,8-17H2,1-4H3,(H,31,35). The quantitative estimate of drug-likeness (QED) is 0.537. The Balaban J connectivity index is 1.35. The molecular weight excluding hydrogens is 476 g/mol. The highest BCUT2D eigenvalue weighted by molar-refractivity contribution is 6.31. The highest BCUT2D eigenvalue weighted by Gasteiger charge is 2.41. The minimum atomic E-state index is -0.483. The van der Waals surface area contributed by atoms with Gasteiger partial charge in [0, 0.05) is 47.8 Å². The number of anilines is 1. The van der Waals surface area contributed by atoms with E-state index in [4.69, 9.17) is 16.3 Å². The zero-order chi connectivity index (χ0) is 25.9. The lowest BCUT2D eigenvalue weighted by molar-refractivity contribution is -0.123. The molecule has 2 N–H and O–H groups in total. The molecular formula is C28H43ClN4O3. The van der Waals surface area contributed by atoms with Crippen molar-refractivity contribution < 1.29 is 14.3 Å². The Kier molecular flexibility index (Phi) is 8.84. The molecule has 2 atom stereocenters. The molecule has 36 heavy (non-hydrogen) atoms. The summed E-state index contributed by atoms with van der Waals surface area (Å²) in [6, 6.07) is 7.09. The largest absolute Gasteiger partial charge is 0.444 e. The highest BCUT2D eigenvalue weighted by atomic mass is 35.5. The van der Waals surface area contributed by atoms with Crippen LogP contribution in [-0.2, 0) is 9.53 Å². The molecule has 0 spiro atoms. The molecule has 1 aromatic rings. The van der Waals surface area contributed by atoms with Gasteiger partial charge in [0.25, 0.3) is 0 Å². The van der Waals surface area contributed by atoms with Crippen LogP contribution < -0.4 is 15.5 Å². The molecule has 0 aromatic heterocycles. The zero-order valence-electron chi connectivity index (χ0n) is 22.3. The molecule has 1 aromatic carbocycles. The molecule has 8 heteroatoms. The summed E-state index contributed by atoms with van der Waals surface area (Å²) in [6.45, 7) is 11.1. The summed E-state index contributed by atoms with van der Waals surface area (Å²) < 4.78 is 5.47. The number of piperidine rings is 2. The van der Waals surface area contributed by atoms with Crippen molar-refractivity contribution in [2.45, 2.75) is 96.4 Å². The average Bonchev–Trinajstić information content (AvgIpc) is 3.05. The van der Waals surface area contributed by atoms with Crippen molar-refractivity contribution in [3.05, 3.63) is 28.8 Å². The second-order valence-corrected chi connectivity index (χ2v) is 12.1. The van der Waals surface area contributed by atoms with Crippen LogP contribution in [-0.4, -0.2) is 66.8 Å². The number of carbonyl (C=O) groups excluding carboxylic acids is 2. The molecule has 2 bridgehead atoms. The van der Waals surface area contributed by atoms with E-state index in [0.717, 1.165) is 63.0 Å². The van der Waals surface area contributed by atoms with Crippen molar-refractivity contribution in [2.75, 3.05) is 31.1 Å². The first kappa shape index (κ1) is 27.2. The fraction of sp³-hybridized carbons (Fsp3) is 0.714. The van der Waals surface area contributed by atoms with Crippen LogP contribution in [0, 0.1) is 12.8 Å². The van der Waals surface area contributed by atoms with Crippen LogP contribution in [0.2, 0.25) is 5.02 Å². The molecule has 2 unspecified atom stereocenters. The van der Waals surface area contributed by atoms with E-state index in [9.17, 15) is 9.59 Å². The Morgan fingerprint density at radius 3 is 2.42 bits per heavy atom. The topological polar surface area (TPSA) is 73.9 Å². The second-order valence-electron chi connectivity index (χ2n) is 11.7. The van der Waals surface area contributed by atoms with Gasteiger partial charge in [-0.25, -0.2) is 4.79 Å². The van der Waals surface area contributed by atoms with Gasteiger partial charge in [-0.3, -0.25) is 9.69 Å². The van der Waals surface area contributed by atoms with E-state index in [2.05, 4.69) is 15.5 Å². The minimum absolute atomic E-state index is 0.0668. The number of hydrogen-bond donors (Lipinski definition) is 2. The maximum absolute atomic E-state index is 13.6. The predicted molar refractivity (Wildman–Crippen MR) is 145 cm³/mol. The zero-order valence-corrected chi connectivity index (χ0v) is 23.1. The van der Waals surface area contributed by atoms with Gasteiger partial charge in [-0.2, -0.15) is 0 Å². The van der Waals surface area contributed by atoms with Crippen LogP contribution in [0.3, 0.4) is 0 Å². The lowest BCUT2D eigenvalue weighted by atomic mass is 9.95. The van der Waals surface area contributed by atoms with E-state index in [1.165, 1.54) is 12.8 Å². The van der Waals surface area contributed by atoms with Gasteiger partial charge in [-0.1, -0.05) is 17.7 Å². The fourth-order valence-electron chi connectivity index (χ4n) is 6.05. The van der Waals surface area contributed by atoms with Gasteiger partial charge in [0.1, 0.15) is 5.60 Å². The fourth-order valence-corrected chi connectivity index (χ4v) is 6.22. The Morgan fingerprint density at radius 2 is 1.81 bits per heavy atom. The molecule has 7 nitrogen and oxygen atoms in total. The van der Waals surface area contributed by atoms with Gasteiger partial charge in [-0.15, -0.1) is 0 Å². The Hall–Kier alpha value is -1.83. The summed E-state index contributed by atoms with van der Waals surface area (Å²) >= 11 is 6.44. The Morgan fingerprint density at radius 1 is 1.14 bits per heavy atom. The molecule has 200 valence electrons. The van der Waals surface area contributed by atoms with Gasteiger partial charge in [0.15, 0.2) is 0 Å². The summed E-state index contributed by atoms with van der Waals surface area (Å²) in [6.07, 6.45) is 6.63. The molecule has 0 radical (unpaired) electrons. The molecule has 0 saturated carbocycles. The second kappa shape index (κ2) is 11.7. The van der Waals surface area contributed by atoms with Crippen LogP contribution in [0.1, 0.15) is 71.3 Å². The molecule has 3 heterocycles. The van der Waals surface area contributed by atoms with Crippen LogP contribution in [0.4, 0.5) is 10.5 Å². The molecule has 4 rings (SSSR count). The molecule has 0 aliphatic carbocycles. The number of nitrogens with one attached hydrogen (secondary N) is 2. The van der Waals surface area contributed by atoms with Crippen LogP contribution in [0.5, 0.6) is 0 Å². The summed E-state index contributed by atoms with van der Waals surface area (Å²) in [4.78, 5) is 30.4. The van der Waals surface area contributed by atoms with Crippen molar-refractivity contribution >= 4 is 29.3 Å². The van der Waals surface area contributed by atoms with Gasteiger partial charge in [-0.05, 0) is 103 Å². The predicted octanol–water partition coefficient (Wildman–Crippen LogP) is 4.89. The van der Waals surface area contributed by atoms with E-state index >= 15 is 0 Å². The molecule has 2 amide bonds. The highest BCUT2D eigenvalue weighted by Crippen LogP contribution is 2.36. The summed E-state index contributed by atoms with van der Waals surface area (Å²) in [7, 11) is 0. The third kappa shape index (κ3) is 6.93. The van der Waals surface area contributed by atoms with Crippen LogP contribution in [0.15, 0.2) is 18.2 Å². The SMILES string of the molecule is Cc1ccc(N(CCCN2C3CCC2CC(NC(=O)OC(C)(C)C)C3)C(=O)C2CCNCC2)cc1Cl. The molecule has 3 fully saturated rings. The first-order valence-electron chi connectivity index (χ1n) is 13.6. The van der Waals surface area contributed by atoms with E-state index in [0.29, 0.717) is 23.7 Å². The molecule has 3 aliphatic rings. The third-order valence-corrected chi connectivity index (χ3v) is 8.23. The summed E-state index contributed by atoms with van der Waals surface area (Å²) in [5.74, 6) is 0.289. The number of halogens is 1. The van der Waals surface area contributed by atoms with E-state index in [1.807, 2.05) is 50.8 Å². The minimum Gasteiger partial charge on any atom is -0.444 e. The van der Waals surface area contributed by atoms with Crippen molar-refractivity contribution in [1.29, 1.82) is 0 Å². The number of carbonyl (C=O) groups is 2. The summed E-state index contributed by atoms with van der Waals surface area (Å²) in [5.41, 5.74) is 1.44. The van der Waals surface area contributed by atoms with Crippen molar-refractivity contribution in [3.8, 4) is 0 Å². The lowest BCUT2D eigenvalue weighted by Gasteiger charge is -2.39. The number of nitrogens with zero attached hydrogens (tertiary/aromatic N) is 2. The molecule has 3 aliphatic heterocycles. The number of aryl methyl sites for hydroxylation is 1. The molecule has 3 saturated heterocycles. The number of alkyl carbamates (subject to hydrolysis) is 1. The number of hydrogen-bond acceptors (Lipinski definition) is 5. The first-order chi connectivity index (χ1) is 17.1. The van der Waals surface area contributed by atoms with Crippen molar-refractivity contribution in [1.82, 2.24) is 15.5 Å². The maximum atomic E-state index is 13.6. The number of amides is 2. The number of rotatable bonds is 7. The number of ether oxygens (including phenoxy) is 1.